The first kappa shape index (κ1) is 28.1. The summed E-state index contributed by atoms with van der Waals surface area (Å²) in [5.74, 6) is 0. The third kappa shape index (κ3) is 8.00. The summed E-state index contributed by atoms with van der Waals surface area (Å²) in [6.45, 7) is 12.0. The van der Waals surface area contributed by atoms with Crippen molar-refractivity contribution >= 4 is 25.6 Å². The molecule has 0 bridgehead atoms. The molecule has 0 amide bonds. The molecule has 0 aromatic heterocycles. The standard InChI is InChI=1S/C30H41N3OSSi/c1-30(2,3)36(4,5)34-22-26(21-23-15-9-6-10-16-23)32-29(35)33-28(25-19-13-8-14-20-25)27(31)24-17-11-7-12-18-24/h6-20,26-28H,21-22,31H2,1-5H3,(H2,32,33,35)/t26-,27-,28-/m0/s1. The Morgan fingerprint density at radius 1 is 0.833 bits per heavy atom. The molecule has 0 radical (unpaired) electrons. The summed E-state index contributed by atoms with van der Waals surface area (Å²) >= 11 is 5.85. The number of hydrogen-bond donors (Lipinski definition) is 3. The monoisotopic (exact) mass is 519 g/mol. The summed E-state index contributed by atoms with van der Waals surface area (Å²) < 4.78 is 6.60. The third-order valence-electron chi connectivity index (χ3n) is 7.10. The van der Waals surface area contributed by atoms with Crippen LogP contribution in [0.2, 0.25) is 18.1 Å². The molecule has 0 heterocycles. The Bertz CT molecular complexity index is 1070. The van der Waals surface area contributed by atoms with E-state index in [9.17, 15) is 0 Å². The first-order chi connectivity index (χ1) is 17.1. The van der Waals surface area contributed by atoms with Crippen molar-refractivity contribution in [1.29, 1.82) is 0 Å². The van der Waals surface area contributed by atoms with Crippen LogP contribution in [0.4, 0.5) is 0 Å². The van der Waals surface area contributed by atoms with Crippen LogP contribution in [0, 0.1) is 0 Å². The SMILES string of the molecule is CC(C)(C)[Si](C)(C)OC[C@H](Cc1ccccc1)NC(=S)N[C@@H](c1ccccc1)[C@@H](N)c1ccccc1. The zero-order valence-electron chi connectivity index (χ0n) is 22.2. The fourth-order valence-electron chi connectivity index (χ4n) is 3.85. The van der Waals surface area contributed by atoms with Crippen molar-refractivity contribution in [2.24, 2.45) is 5.73 Å². The molecule has 0 aliphatic heterocycles. The molecule has 3 aromatic carbocycles. The van der Waals surface area contributed by atoms with Gasteiger partial charge in [-0.15, -0.1) is 0 Å². The van der Waals surface area contributed by atoms with Gasteiger partial charge in [0.25, 0.3) is 0 Å². The van der Waals surface area contributed by atoms with Crippen LogP contribution in [0.5, 0.6) is 0 Å². The van der Waals surface area contributed by atoms with E-state index < -0.39 is 8.32 Å². The predicted octanol–water partition coefficient (Wildman–Crippen LogP) is 6.52. The second-order valence-electron chi connectivity index (χ2n) is 10.9. The van der Waals surface area contributed by atoms with Crippen molar-refractivity contribution in [3.8, 4) is 0 Å². The lowest BCUT2D eigenvalue weighted by Crippen LogP contribution is -2.50. The van der Waals surface area contributed by atoms with Gasteiger partial charge in [-0.05, 0) is 53.5 Å². The van der Waals surface area contributed by atoms with Gasteiger partial charge >= 0.3 is 0 Å². The van der Waals surface area contributed by atoms with Crippen LogP contribution in [0.1, 0.15) is 49.5 Å². The second kappa shape index (κ2) is 12.6. The lowest BCUT2D eigenvalue weighted by molar-refractivity contribution is 0.252. The van der Waals surface area contributed by atoms with Crippen LogP contribution in [0.3, 0.4) is 0 Å². The molecule has 0 saturated heterocycles. The highest BCUT2D eigenvalue weighted by Gasteiger charge is 2.37. The lowest BCUT2D eigenvalue weighted by Gasteiger charge is -2.37. The summed E-state index contributed by atoms with van der Waals surface area (Å²) in [5, 5.41) is 7.81. The van der Waals surface area contributed by atoms with Gasteiger partial charge in [0.1, 0.15) is 0 Å². The summed E-state index contributed by atoms with van der Waals surface area (Å²) in [5.41, 5.74) is 10.2. The summed E-state index contributed by atoms with van der Waals surface area (Å²) in [4.78, 5) is 0. The number of rotatable bonds is 10. The molecule has 0 spiro atoms. The molecular formula is C30H41N3OSSi. The third-order valence-corrected chi connectivity index (χ3v) is 11.8. The highest BCUT2D eigenvalue weighted by Crippen LogP contribution is 2.36. The van der Waals surface area contributed by atoms with E-state index in [-0.39, 0.29) is 23.2 Å². The molecule has 36 heavy (non-hydrogen) atoms. The number of benzene rings is 3. The molecular weight excluding hydrogens is 479 g/mol. The van der Waals surface area contributed by atoms with E-state index in [0.717, 1.165) is 17.5 Å². The van der Waals surface area contributed by atoms with Gasteiger partial charge in [-0.3, -0.25) is 0 Å². The van der Waals surface area contributed by atoms with Gasteiger partial charge in [-0.2, -0.15) is 0 Å². The molecule has 4 nitrogen and oxygen atoms in total. The average molecular weight is 520 g/mol. The predicted molar refractivity (Wildman–Crippen MR) is 159 cm³/mol. The molecule has 0 fully saturated rings. The van der Waals surface area contributed by atoms with Crippen molar-refractivity contribution in [1.82, 2.24) is 10.6 Å². The highest BCUT2D eigenvalue weighted by atomic mass is 32.1. The zero-order valence-corrected chi connectivity index (χ0v) is 24.0. The maximum atomic E-state index is 6.77. The van der Waals surface area contributed by atoms with Crippen LogP contribution in [-0.2, 0) is 10.8 Å². The van der Waals surface area contributed by atoms with Gasteiger partial charge < -0.3 is 20.8 Å². The number of hydrogen-bond acceptors (Lipinski definition) is 3. The molecule has 3 rings (SSSR count). The minimum Gasteiger partial charge on any atom is -0.415 e. The van der Waals surface area contributed by atoms with Crippen molar-refractivity contribution in [2.75, 3.05) is 6.61 Å². The first-order valence-electron chi connectivity index (χ1n) is 12.7. The number of thiocarbonyl (C=S) groups is 1. The summed E-state index contributed by atoms with van der Waals surface area (Å²) in [7, 11) is -1.91. The Labute approximate surface area is 223 Å². The Morgan fingerprint density at radius 2 is 1.33 bits per heavy atom. The van der Waals surface area contributed by atoms with E-state index >= 15 is 0 Å². The quantitative estimate of drug-likeness (QED) is 0.210. The Kier molecular flexibility index (Phi) is 9.85. The minimum atomic E-state index is -1.91. The van der Waals surface area contributed by atoms with E-state index in [4.69, 9.17) is 22.4 Å². The maximum Gasteiger partial charge on any atom is 0.192 e. The van der Waals surface area contributed by atoms with Gasteiger partial charge in [0.2, 0.25) is 0 Å². The van der Waals surface area contributed by atoms with Gasteiger partial charge in [0.15, 0.2) is 13.4 Å². The van der Waals surface area contributed by atoms with Gasteiger partial charge in [0.05, 0.1) is 24.7 Å². The van der Waals surface area contributed by atoms with Crippen molar-refractivity contribution in [3.05, 3.63) is 108 Å². The van der Waals surface area contributed by atoms with E-state index in [1.54, 1.807) is 0 Å². The van der Waals surface area contributed by atoms with Crippen LogP contribution >= 0.6 is 12.2 Å². The maximum absolute atomic E-state index is 6.77. The minimum absolute atomic E-state index is 0.0332. The Hall–Kier alpha value is -2.51. The van der Waals surface area contributed by atoms with Crippen LogP contribution in [0.15, 0.2) is 91.0 Å². The second-order valence-corrected chi connectivity index (χ2v) is 16.1. The molecule has 3 atom stereocenters. The van der Waals surface area contributed by atoms with Crippen molar-refractivity contribution < 1.29 is 4.43 Å². The van der Waals surface area contributed by atoms with Gasteiger partial charge in [-0.1, -0.05) is 112 Å². The van der Waals surface area contributed by atoms with E-state index in [0.29, 0.717) is 11.7 Å². The number of nitrogens with two attached hydrogens (primary N) is 1. The van der Waals surface area contributed by atoms with E-state index in [1.807, 2.05) is 42.5 Å². The zero-order chi connectivity index (χ0) is 26.2. The fourth-order valence-corrected chi connectivity index (χ4v) is 5.20. The van der Waals surface area contributed by atoms with Crippen LogP contribution in [-0.4, -0.2) is 26.1 Å². The molecule has 0 aliphatic carbocycles. The van der Waals surface area contributed by atoms with Crippen LogP contribution in [0.25, 0.3) is 0 Å². The average Bonchev–Trinajstić information content (AvgIpc) is 2.86. The molecule has 0 unspecified atom stereocenters. The Balaban J connectivity index is 1.78. The molecule has 3 aromatic rings. The normalized spacial score (nSPS) is 14.5. The molecule has 192 valence electrons. The smallest absolute Gasteiger partial charge is 0.192 e. The molecule has 6 heteroatoms. The lowest BCUT2D eigenvalue weighted by atomic mass is 9.94. The number of nitrogens with one attached hydrogen (secondary N) is 2. The van der Waals surface area contributed by atoms with E-state index in [2.05, 4.69) is 93.0 Å². The fraction of sp³-hybridized carbons (Fsp3) is 0.367. The van der Waals surface area contributed by atoms with Gasteiger partial charge in [0, 0.05) is 0 Å². The van der Waals surface area contributed by atoms with Crippen molar-refractivity contribution in [2.45, 2.75) is 63.4 Å². The van der Waals surface area contributed by atoms with Crippen molar-refractivity contribution in [3.63, 3.8) is 0 Å². The summed E-state index contributed by atoms with van der Waals surface area (Å²) in [6, 6.07) is 30.5. The molecule has 0 saturated carbocycles. The molecule has 0 aliphatic rings. The molecule has 4 N–H and O–H groups in total. The largest absolute Gasteiger partial charge is 0.415 e. The van der Waals surface area contributed by atoms with Crippen LogP contribution < -0.4 is 16.4 Å². The highest BCUT2D eigenvalue weighted by molar-refractivity contribution is 7.80. The topological polar surface area (TPSA) is 59.3 Å². The van der Waals surface area contributed by atoms with E-state index in [1.165, 1.54) is 5.56 Å². The summed E-state index contributed by atoms with van der Waals surface area (Å²) in [6.07, 6.45) is 0.817. The Morgan fingerprint density at radius 3 is 1.86 bits per heavy atom. The first-order valence-corrected chi connectivity index (χ1v) is 16.0. The van der Waals surface area contributed by atoms with Gasteiger partial charge in [-0.25, -0.2) is 0 Å².